The minimum absolute atomic E-state index is 0.563. The molecular formula is C11H24N2. The maximum atomic E-state index is 5.53. The molecule has 1 fully saturated rings. The number of nitrogens with two attached hydrogens (primary N) is 1. The van der Waals surface area contributed by atoms with E-state index in [1.807, 2.05) is 0 Å². The summed E-state index contributed by atoms with van der Waals surface area (Å²) in [4.78, 5) is 0. The molecule has 0 heterocycles. The standard InChI is InChI=1S/C11H24N2/c1-2-6-11(13-12)9-10-7-4-3-5-8-10/h10-11,13H,2-9,12H2,1H3. The van der Waals surface area contributed by atoms with E-state index in [2.05, 4.69) is 12.3 Å². The quantitative estimate of drug-likeness (QED) is 0.509. The minimum atomic E-state index is 0.563. The van der Waals surface area contributed by atoms with Crippen LogP contribution in [-0.2, 0) is 0 Å². The Morgan fingerprint density at radius 2 is 2.00 bits per heavy atom. The summed E-state index contributed by atoms with van der Waals surface area (Å²) in [5, 5.41) is 0. The molecule has 78 valence electrons. The van der Waals surface area contributed by atoms with Crippen molar-refractivity contribution < 1.29 is 0 Å². The Morgan fingerprint density at radius 3 is 2.54 bits per heavy atom. The zero-order valence-electron chi connectivity index (χ0n) is 8.89. The molecule has 1 aliphatic rings. The second-order valence-electron chi connectivity index (χ2n) is 4.39. The van der Waals surface area contributed by atoms with Crippen LogP contribution in [0.15, 0.2) is 0 Å². The van der Waals surface area contributed by atoms with Crippen LogP contribution >= 0.6 is 0 Å². The topological polar surface area (TPSA) is 38.0 Å². The molecule has 0 saturated heterocycles. The van der Waals surface area contributed by atoms with E-state index in [1.165, 1.54) is 51.4 Å². The van der Waals surface area contributed by atoms with Crippen LogP contribution in [0.1, 0.15) is 58.3 Å². The smallest absolute Gasteiger partial charge is 0.0213 e. The van der Waals surface area contributed by atoms with Gasteiger partial charge in [-0.2, -0.15) is 0 Å². The molecule has 0 bridgehead atoms. The monoisotopic (exact) mass is 184 g/mol. The average Bonchev–Trinajstić information content (AvgIpc) is 2.19. The molecule has 0 aliphatic heterocycles. The number of hydrogen-bond acceptors (Lipinski definition) is 2. The SMILES string of the molecule is CCCC(CC1CCCCC1)NN. The molecule has 1 saturated carbocycles. The van der Waals surface area contributed by atoms with Gasteiger partial charge in [0.1, 0.15) is 0 Å². The molecule has 1 aliphatic carbocycles. The zero-order valence-corrected chi connectivity index (χ0v) is 8.89. The largest absolute Gasteiger partial charge is 0.271 e. The van der Waals surface area contributed by atoms with Crippen LogP contribution in [-0.4, -0.2) is 6.04 Å². The van der Waals surface area contributed by atoms with Gasteiger partial charge in [0.05, 0.1) is 0 Å². The lowest BCUT2D eigenvalue weighted by Crippen LogP contribution is -2.36. The molecule has 1 unspecified atom stereocenters. The van der Waals surface area contributed by atoms with Gasteiger partial charge in [-0.15, -0.1) is 0 Å². The Hall–Kier alpha value is -0.0800. The first-order valence-electron chi connectivity index (χ1n) is 5.83. The van der Waals surface area contributed by atoms with Crippen molar-refractivity contribution in [2.24, 2.45) is 11.8 Å². The van der Waals surface area contributed by atoms with Gasteiger partial charge in [0.15, 0.2) is 0 Å². The van der Waals surface area contributed by atoms with Crippen LogP contribution in [0.2, 0.25) is 0 Å². The highest BCUT2D eigenvalue weighted by atomic mass is 15.2. The Morgan fingerprint density at radius 1 is 1.31 bits per heavy atom. The Balaban J connectivity index is 2.18. The number of nitrogens with one attached hydrogen (secondary N) is 1. The fourth-order valence-corrected chi connectivity index (χ4v) is 2.44. The average molecular weight is 184 g/mol. The third-order valence-electron chi connectivity index (χ3n) is 3.22. The van der Waals surface area contributed by atoms with E-state index in [0.29, 0.717) is 6.04 Å². The second-order valence-corrected chi connectivity index (χ2v) is 4.39. The van der Waals surface area contributed by atoms with Gasteiger partial charge in [-0.3, -0.25) is 11.3 Å². The summed E-state index contributed by atoms with van der Waals surface area (Å²) in [5.41, 5.74) is 2.95. The van der Waals surface area contributed by atoms with Crippen molar-refractivity contribution in [3.05, 3.63) is 0 Å². The summed E-state index contributed by atoms with van der Waals surface area (Å²) < 4.78 is 0. The lowest BCUT2D eigenvalue weighted by Gasteiger charge is -2.25. The molecule has 1 rings (SSSR count). The fourth-order valence-electron chi connectivity index (χ4n) is 2.44. The third-order valence-corrected chi connectivity index (χ3v) is 3.22. The summed E-state index contributed by atoms with van der Waals surface area (Å²) in [5.74, 6) is 6.47. The minimum Gasteiger partial charge on any atom is -0.271 e. The van der Waals surface area contributed by atoms with E-state index in [4.69, 9.17) is 5.84 Å². The summed E-state index contributed by atoms with van der Waals surface area (Å²) in [6.07, 6.45) is 11.0. The van der Waals surface area contributed by atoms with Gasteiger partial charge in [-0.25, -0.2) is 0 Å². The van der Waals surface area contributed by atoms with Gasteiger partial charge in [-0.05, 0) is 18.8 Å². The molecular weight excluding hydrogens is 160 g/mol. The third kappa shape index (κ3) is 4.10. The van der Waals surface area contributed by atoms with Gasteiger partial charge in [-0.1, -0.05) is 45.4 Å². The van der Waals surface area contributed by atoms with E-state index >= 15 is 0 Å². The van der Waals surface area contributed by atoms with Gasteiger partial charge in [0, 0.05) is 6.04 Å². The van der Waals surface area contributed by atoms with Crippen molar-refractivity contribution in [3.63, 3.8) is 0 Å². The number of rotatable bonds is 5. The Bertz CT molecular complexity index is 117. The van der Waals surface area contributed by atoms with Crippen LogP contribution in [0, 0.1) is 5.92 Å². The fraction of sp³-hybridized carbons (Fsp3) is 1.00. The molecule has 2 heteroatoms. The predicted molar refractivity (Wildman–Crippen MR) is 57.2 cm³/mol. The first kappa shape index (κ1) is 11.0. The van der Waals surface area contributed by atoms with E-state index in [1.54, 1.807) is 0 Å². The molecule has 2 nitrogen and oxygen atoms in total. The zero-order chi connectivity index (χ0) is 9.52. The lowest BCUT2D eigenvalue weighted by molar-refractivity contribution is 0.291. The summed E-state index contributed by atoms with van der Waals surface area (Å²) in [7, 11) is 0. The molecule has 13 heavy (non-hydrogen) atoms. The van der Waals surface area contributed by atoms with Crippen molar-refractivity contribution in [2.45, 2.75) is 64.3 Å². The van der Waals surface area contributed by atoms with Crippen molar-refractivity contribution in [1.82, 2.24) is 5.43 Å². The van der Waals surface area contributed by atoms with E-state index in [-0.39, 0.29) is 0 Å². The van der Waals surface area contributed by atoms with Crippen molar-refractivity contribution >= 4 is 0 Å². The van der Waals surface area contributed by atoms with Gasteiger partial charge in [0.2, 0.25) is 0 Å². The molecule has 0 amide bonds. The molecule has 0 aromatic rings. The normalized spacial score (nSPS) is 21.7. The van der Waals surface area contributed by atoms with E-state index in [9.17, 15) is 0 Å². The lowest BCUT2D eigenvalue weighted by atomic mass is 9.84. The maximum Gasteiger partial charge on any atom is 0.0213 e. The molecule has 3 N–H and O–H groups in total. The highest BCUT2D eigenvalue weighted by Crippen LogP contribution is 2.27. The van der Waals surface area contributed by atoms with Crippen molar-refractivity contribution in [1.29, 1.82) is 0 Å². The number of hydrazine groups is 1. The highest BCUT2D eigenvalue weighted by molar-refractivity contribution is 4.72. The summed E-state index contributed by atoms with van der Waals surface area (Å²) >= 11 is 0. The summed E-state index contributed by atoms with van der Waals surface area (Å²) in [6, 6.07) is 0.563. The van der Waals surface area contributed by atoms with Gasteiger partial charge < -0.3 is 0 Å². The Labute approximate surface area is 82.2 Å². The first-order chi connectivity index (χ1) is 6.36. The van der Waals surface area contributed by atoms with Crippen molar-refractivity contribution in [3.8, 4) is 0 Å². The van der Waals surface area contributed by atoms with Crippen LogP contribution in [0.4, 0.5) is 0 Å². The molecule has 0 aromatic heterocycles. The molecule has 0 aromatic carbocycles. The van der Waals surface area contributed by atoms with Gasteiger partial charge >= 0.3 is 0 Å². The van der Waals surface area contributed by atoms with Crippen LogP contribution < -0.4 is 11.3 Å². The van der Waals surface area contributed by atoms with Crippen LogP contribution in [0.3, 0.4) is 0 Å². The first-order valence-corrected chi connectivity index (χ1v) is 5.83. The Kier molecular flexibility index (Phi) is 5.40. The molecule has 0 spiro atoms. The molecule has 1 atom stereocenters. The van der Waals surface area contributed by atoms with Crippen LogP contribution in [0.5, 0.6) is 0 Å². The maximum absolute atomic E-state index is 5.53. The van der Waals surface area contributed by atoms with Gasteiger partial charge in [0.25, 0.3) is 0 Å². The highest BCUT2D eigenvalue weighted by Gasteiger charge is 2.17. The summed E-state index contributed by atoms with van der Waals surface area (Å²) in [6.45, 7) is 2.23. The van der Waals surface area contributed by atoms with E-state index < -0.39 is 0 Å². The van der Waals surface area contributed by atoms with Crippen LogP contribution in [0.25, 0.3) is 0 Å². The number of hydrogen-bond donors (Lipinski definition) is 2. The second kappa shape index (κ2) is 6.39. The molecule has 0 radical (unpaired) electrons. The van der Waals surface area contributed by atoms with E-state index in [0.717, 1.165) is 5.92 Å². The predicted octanol–water partition coefficient (Wildman–Crippen LogP) is 2.59. The van der Waals surface area contributed by atoms with Crippen molar-refractivity contribution in [2.75, 3.05) is 0 Å².